The Labute approximate surface area is 104 Å². The fourth-order valence-corrected chi connectivity index (χ4v) is 1.38. The van der Waals surface area contributed by atoms with Gasteiger partial charge in [0, 0.05) is 30.3 Å². The fourth-order valence-electron chi connectivity index (χ4n) is 0.944. The highest BCUT2D eigenvalue weighted by Crippen LogP contribution is 2.05. The summed E-state index contributed by atoms with van der Waals surface area (Å²) in [4.78, 5) is 13.8. The second kappa shape index (κ2) is 6.67. The maximum Gasteiger partial charge on any atom is 0.337 e. The maximum absolute atomic E-state index is 11.1. The molecule has 1 N–H and O–H groups in total. The number of hydrazone groups is 1. The van der Waals surface area contributed by atoms with Gasteiger partial charge in [-0.15, -0.1) is 0 Å². The Morgan fingerprint density at radius 1 is 1.53 bits per heavy atom. The minimum atomic E-state index is -0.334. The van der Waals surface area contributed by atoms with Crippen LogP contribution in [0.1, 0.15) is 15.9 Å². The van der Waals surface area contributed by atoms with Gasteiger partial charge in [-0.2, -0.15) is 5.10 Å². The smallest absolute Gasteiger partial charge is 0.337 e. The first-order valence-electron chi connectivity index (χ1n) is 4.02. The van der Waals surface area contributed by atoms with Crippen LogP contribution >= 0.6 is 30.3 Å². The lowest BCUT2D eigenvalue weighted by Crippen LogP contribution is -2.00. The molecule has 1 aromatic carbocycles. The van der Waals surface area contributed by atoms with Crippen molar-refractivity contribution in [1.82, 2.24) is 4.83 Å². The Kier molecular flexibility index (Phi) is 5.48. The molecule has 0 saturated carbocycles. The van der Waals surface area contributed by atoms with E-state index >= 15 is 0 Å². The number of carbonyl (C=O) groups is 1. The molecule has 0 aliphatic heterocycles. The van der Waals surface area contributed by atoms with Gasteiger partial charge < -0.3 is 4.74 Å². The highest BCUT2D eigenvalue weighted by atomic mass is 127. The number of hydrogen-bond donors (Lipinski definition) is 1. The van der Waals surface area contributed by atoms with Gasteiger partial charge in [0.2, 0.25) is 0 Å². The Hall–Kier alpha value is -0.760. The average molecular weight is 336 g/mol. The van der Waals surface area contributed by atoms with Crippen LogP contribution in [0, 0.1) is 0 Å². The summed E-state index contributed by atoms with van der Waals surface area (Å²) in [5, 5.41) is 3.92. The minimum Gasteiger partial charge on any atom is -0.465 e. The van der Waals surface area contributed by atoms with Crippen molar-refractivity contribution in [2.75, 3.05) is 7.11 Å². The first kappa shape index (κ1) is 12.3. The Balaban J connectivity index is 2.68. The molecular formula is C9H9IN2O2S. The number of benzene rings is 1. The number of nitrogens with one attached hydrogen (secondary N) is 1. The van der Waals surface area contributed by atoms with Crippen molar-refractivity contribution in [3.05, 3.63) is 35.4 Å². The van der Waals surface area contributed by atoms with Crippen molar-refractivity contribution in [2.24, 2.45) is 5.10 Å². The zero-order valence-electron chi connectivity index (χ0n) is 7.94. The van der Waals surface area contributed by atoms with Gasteiger partial charge in [-0.1, -0.05) is 12.1 Å². The van der Waals surface area contributed by atoms with E-state index in [0.717, 1.165) is 5.56 Å². The van der Waals surface area contributed by atoms with Crippen LogP contribution in [0.25, 0.3) is 0 Å². The van der Waals surface area contributed by atoms with E-state index in [9.17, 15) is 4.79 Å². The van der Waals surface area contributed by atoms with Crippen molar-refractivity contribution < 1.29 is 9.53 Å². The minimum absolute atomic E-state index is 0.334. The molecule has 0 bridgehead atoms. The summed E-state index contributed by atoms with van der Waals surface area (Å²) in [5.74, 6) is -0.334. The maximum atomic E-state index is 11.1. The molecule has 80 valence electrons. The highest BCUT2D eigenvalue weighted by Gasteiger charge is 2.02. The molecule has 6 heteroatoms. The van der Waals surface area contributed by atoms with Gasteiger partial charge >= 0.3 is 5.97 Å². The number of ether oxygens (including phenoxy) is 1. The fraction of sp³-hybridized carbons (Fsp3) is 0.111. The van der Waals surface area contributed by atoms with Gasteiger partial charge in [-0.05, 0) is 17.7 Å². The Morgan fingerprint density at radius 2 is 2.20 bits per heavy atom. The number of hydrogen-bond acceptors (Lipinski definition) is 5. The van der Waals surface area contributed by atoms with E-state index in [-0.39, 0.29) is 5.97 Å². The van der Waals surface area contributed by atoms with Crippen LogP contribution in [-0.4, -0.2) is 19.3 Å². The number of nitrogens with zero attached hydrogens (tertiary/aromatic N) is 1. The normalized spacial score (nSPS) is 10.3. The summed E-state index contributed by atoms with van der Waals surface area (Å²) >= 11 is 2.08. The number of carbonyl (C=O) groups excluding carboxylic acids is 1. The van der Waals surface area contributed by atoms with Crippen molar-refractivity contribution in [2.45, 2.75) is 0 Å². The second-order valence-electron chi connectivity index (χ2n) is 2.54. The molecule has 0 amide bonds. The third kappa shape index (κ3) is 4.08. The number of rotatable bonds is 4. The van der Waals surface area contributed by atoms with E-state index in [0.29, 0.717) is 5.56 Å². The molecule has 0 atom stereocenters. The number of methoxy groups -OCH3 is 1. The molecule has 1 rings (SSSR count). The lowest BCUT2D eigenvalue weighted by molar-refractivity contribution is 0.0601. The monoisotopic (exact) mass is 336 g/mol. The van der Waals surface area contributed by atoms with Crippen molar-refractivity contribution in [3.63, 3.8) is 0 Å². The summed E-state index contributed by atoms with van der Waals surface area (Å²) in [6, 6.07) is 7.00. The average Bonchev–Trinajstić information content (AvgIpc) is 2.29. The van der Waals surface area contributed by atoms with E-state index in [1.165, 1.54) is 16.2 Å². The summed E-state index contributed by atoms with van der Waals surface area (Å²) in [5.41, 5.74) is 1.45. The predicted molar refractivity (Wildman–Crippen MR) is 70.1 cm³/mol. The van der Waals surface area contributed by atoms with E-state index in [1.54, 1.807) is 30.5 Å². The molecule has 0 fully saturated rings. The molecule has 0 radical (unpaired) electrons. The van der Waals surface area contributed by atoms with Crippen LogP contribution in [0.15, 0.2) is 29.4 Å². The van der Waals surface area contributed by atoms with E-state index in [4.69, 9.17) is 0 Å². The predicted octanol–water partition coefficient (Wildman–Crippen LogP) is 2.39. The molecule has 0 spiro atoms. The zero-order valence-corrected chi connectivity index (χ0v) is 10.9. The van der Waals surface area contributed by atoms with Crippen LogP contribution in [-0.2, 0) is 4.74 Å². The first-order chi connectivity index (χ1) is 7.27. The van der Waals surface area contributed by atoms with Gasteiger partial charge in [-0.3, -0.25) is 0 Å². The standard InChI is InChI=1S/C9H9IN2O2S/c1-14-9(13)8-4-2-7(3-5-8)6-11-12-15-10/h2-6,12H,1H3/b11-6+. The molecule has 0 saturated heterocycles. The largest absolute Gasteiger partial charge is 0.465 e. The summed E-state index contributed by atoms with van der Waals surface area (Å²) < 4.78 is 4.59. The Morgan fingerprint density at radius 3 is 2.73 bits per heavy atom. The van der Waals surface area contributed by atoms with Crippen LogP contribution in [0.3, 0.4) is 0 Å². The second-order valence-corrected chi connectivity index (χ2v) is 4.20. The molecule has 4 nitrogen and oxygen atoms in total. The van der Waals surface area contributed by atoms with Crippen molar-refractivity contribution in [1.29, 1.82) is 0 Å². The van der Waals surface area contributed by atoms with Gasteiger partial charge in [0.25, 0.3) is 0 Å². The summed E-state index contributed by atoms with van der Waals surface area (Å²) in [7, 11) is 2.74. The van der Waals surface area contributed by atoms with Crippen molar-refractivity contribution in [3.8, 4) is 0 Å². The van der Waals surface area contributed by atoms with Crippen LogP contribution in [0.5, 0.6) is 0 Å². The topological polar surface area (TPSA) is 50.7 Å². The zero-order chi connectivity index (χ0) is 11.1. The third-order valence-electron chi connectivity index (χ3n) is 1.63. The van der Waals surface area contributed by atoms with Crippen molar-refractivity contribution >= 4 is 42.5 Å². The van der Waals surface area contributed by atoms with Gasteiger partial charge in [0.15, 0.2) is 0 Å². The molecule has 0 aliphatic carbocycles. The summed E-state index contributed by atoms with van der Waals surface area (Å²) in [6.45, 7) is 0. The van der Waals surface area contributed by atoms with E-state index in [1.807, 2.05) is 0 Å². The quantitative estimate of drug-likeness (QED) is 0.302. The van der Waals surface area contributed by atoms with Gasteiger partial charge in [-0.25, -0.2) is 9.63 Å². The molecule has 0 aromatic heterocycles. The number of esters is 1. The molecule has 1 aromatic rings. The lowest BCUT2D eigenvalue weighted by Gasteiger charge is -1.98. The summed E-state index contributed by atoms with van der Waals surface area (Å²) in [6.07, 6.45) is 1.67. The van der Waals surface area contributed by atoms with Gasteiger partial charge in [0.05, 0.1) is 18.9 Å². The Bertz CT molecular complexity index is 354. The number of halogens is 1. The van der Waals surface area contributed by atoms with E-state index in [2.05, 4.69) is 35.9 Å². The van der Waals surface area contributed by atoms with E-state index < -0.39 is 0 Å². The molecule has 0 aliphatic rings. The lowest BCUT2D eigenvalue weighted by atomic mass is 10.1. The van der Waals surface area contributed by atoms with Crippen LogP contribution in [0.4, 0.5) is 0 Å². The van der Waals surface area contributed by atoms with Gasteiger partial charge in [0.1, 0.15) is 0 Å². The molecule has 0 unspecified atom stereocenters. The van der Waals surface area contributed by atoms with Crippen LogP contribution < -0.4 is 4.83 Å². The molecular weight excluding hydrogens is 327 g/mol. The van der Waals surface area contributed by atoms with Crippen LogP contribution in [0.2, 0.25) is 0 Å². The SMILES string of the molecule is COC(=O)c1ccc(/C=N/NSI)cc1. The molecule has 15 heavy (non-hydrogen) atoms. The third-order valence-corrected chi connectivity index (χ3v) is 2.40. The molecule has 0 heterocycles. The first-order valence-corrected chi connectivity index (χ1v) is 7.38. The highest BCUT2D eigenvalue weighted by molar-refractivity contribution is 14.2.